The molecule has 1 saturated heterocycles. The summed E-state index contributed by atoms with van der Waals surface area (Å²) in [5, 5.41) is 6.81. The van der Waals surface area contributed by atoms with Crippen molar-refractivity contribution in [3.63, 3.8) is 0 Å². The van der Waals surface area contributed by atoms with Gasteiger partial charge in [-0.3, -0.25) is 9.89 Å². The van der Waals surface area contributed by atoms with Crippen molar-refractivity contribution in [3.8, 4) is 0 Å². The van der Waals surface area contributed by atoms with Gasteiger partial charge in [0.15, 0.2) is 5.96 Å². The van der Waals surface area contributed by atoms with Gasteiger partial charge >= 0.3 is 0 Å². The largest absolute Gasteiger partial charge is 0.379 e. The molecule has 1 aliphatic rings. The molecule has 0 unspecified atom stereocenters. The van der Waals surface area contributed by atoms with Crippen molar-refractivity contribution in [2.75, 3.05) is 52.5 Å². The Morgan fingerprint density at radius 2 is 1.80 bits per heavy atom. The van der Waals surface area contributed by atoms with Crippen LogP contribution in [0.3, 0.4) is 0 Å². The van der Waals surface area contributed by atoms with E-state index in [4.69, 9.17) is 9.73 Å². The first-order chi connectivity index (χ1) is 12.1. The van der Waals surface area contributed by atoms with Crippen LogP contribution in [0.1, 0.15) is 29.2 Å². The molecule has 25 heavy (non-hydrogen) atoms. The summed E-state index contributed by atoms with van der Waals surface area (Å²) in [6, 6.07) is 4.54. The van der Waals surface area contributed by atoms with Crippen molar-refractivity contribution in [1.82, 2.24) is 15.5 Å². The predicted octanol–water partition coefficient (Wildman–Crippen LogP) is 2.04. The Balaban J connectivity index is 1.81. The highest BCUT2D eigenvalue weighted by Gasteiger charge is 2.09. The number of nitrogens with one attached hydrogen (secondary N) is 2. The van der Waals surface area contributed by atoms with E-state index in [-0.39, 0.29) is 0 Å². The van der Waals surface area contributed by atoms with Gasteiger partial charge in [0, 0.05) is 32.7 Å². The van der Waals surface area contributed by atoms with Gasteiger partial charge in [-0.2, -0.15) is 0 Å². The molecule has 140 valence electrons. The minimum Gasteiger partial charge on any atom is -0.379 e. The highest BCUT2D eigenvalue weighted by molar-refractivity contribution is 5.79. The second-order valence-corrected chi connectivity index (χ2v) is 6.77. The van der Waals surface area contributed by atoms with Crippen molar-refractivity contribution < 1.29 is 4.74 Å². The number of hydrogen-bond donors (Lipinski definition) is 2. The normalized spacial score (nSPS) is 16.1. The molecule has 2 N–H and O–H groups in total. The van der Waals surface area contributed by atoms with Gasteiger partial charge in [0.2, 0.25) is 0 Å². The van der Waals surface area contributed by atoms with E-state index in [0.29, 0.717) is 0 Å². The Kier molecular flexibility index (Phi) is 8.22. The molecule has 5 heteroatoms. The van der Waals surface area contributed by atoms with E-state index in [0.717, 1.165) is 64.9 Å². The van der Waals surface area contributed by atoms with Crippen LogP contribution in [-0.4, -0.2) is 63.3 Å². The van der Waals surface area contributed by atoms with Crippen LogP contribution in [-0.2, 0) is 11.2 Å². The third-order valence-corrected chi connectivity index (χ3v) is 4.64. The molecule has 5 nitrogen and oxygen atoms in total. The van der Waals surface area contributed by atoms with Gasteiger partial charge in [-0.15, -0.1) is 0 Å². The molecule has 2 rings (SSSR count). The average Bonchev–Trinajstić information content (AvgIpc) is 2.58. The maximum atomic E-state index is 5.39. The van der Waals surface area contributed by atoms with Crippen LogP contribution in [0.4, 0.5) is 0 Å². The number of guanidine groups is 1. The zero-order valence-corrected chi connectivity index (χ0v) is 16.3. The fourth-order valence-electron chi connectivity index (χ4n) is 3.38. The molecule has 1 aliphatic heterocycles. The topological polar surface area (TPSA) is 48.9 Å². The first kappa shape index (κ1) is 19.7. The molecule has 0 aromatic heterocycles. The lowest BCUT2D eigenvalue weighted by Crippen LogP contribution is -2.40. The number of aliphatic imine (C=N–C) groups is 1. The monoisotopic (exact) mass is 346 g/mol. The molecule has 0 spiro atoms. The molecule has 0 aliphatic carbocycles. The van der Waals surface area contributed by atoms with Crippen LogP contribution < -0.4 is 10.6 Å². The predicted molar refractivity (Wildman–Crippen MR) is 106 cm³/mol. The molecular formula is C20H34N4O. The van der Waals surface area contributed by atoms with Crippen molar-refractivity contribution >= 4 is 5.96 Å². The zero-order chi connectivity index (χ0) is 18.1. The molecular weight excluding hydrogens is 312 g/mol. The summed E-state index contributed by atoms with van der Waals surface area (Å²) in [7, 11) is 0. The van der Waals surface area contributed by atoms with Gasteiger partial charge < -0.3 is 15.4 Å². The second kappa shape index (κ2) is 10.4. The molecule has 1 fully saturated rings. The lowest BCUT2D eigenvalue weighted by atomic mass is 9.97. The summed E-state index contributed by atoms with van der Waals surface area (Å²) in [5.74, 6) is 0.915. The summed E-state index contributed by atoms with van der Waals surface area (Å²) in [5.41, 5.74) is 5.55. The number of rotatable bonds is 7. The van der Waals surface area contributed by atoms with E-state index >= 15 is 0 Å². The van der Waals surface area contributed by atoms with Crippen molar-refractivity contribution in [2.45, 2.75) is 34.1 Å². The van der Waals surface area contributed by atoms with Gasteiger partial charge in [0.05, 0.1) is 19.8 Å². The number of morpholine rings is 1. The van der Waals surface area contributed by atoms with E-state index in [1.165, 1.54) is 22.3 Å². The first-order valence-corrected chi connectivity index (χ1v) is 9.49. The minimum atomic E-state index is 0.817. The lowest BCUT2D eigenvalue weighted by Gasteiger charge is -2.25. The van der Waals surface area contributed by atoms with E-state index < -0.39 is 0 Å². The molecule has 1 aromatic carbocycles. The second-order valence-electron chi connectivity index (χ2n) is 6.77. The van der Waals surface area contributed by atoms with Crippen LogP contribution in [0, 0.1) is 20.8 Å². The summed E-state index contributed by atoms with van der Waals surface area (Å²) in [4.78, 5) is 7.12. The van der Waals surface area contributed by atoms with Crippen molar-refractivity contribution in [2.24, 2.45) is 4.99 Å². The van der Waals surface area contributed by atoms with E-state index in [2.05, 4.69) is 55.4 Å². The fourth-order valence-corrected chi connectivity index (χ4v) is 3.38. The number of benzene rings is 1. The van der Waals surface area contributed by atoms with Crippen molar-refractivity contribution in [3.05, 3.63) is 34.4 Å². The Morgan fingerprint density at radius 3 is 2.44 bits per heavy atom. The van der Waals surface area contributed by atoms with Crippen LogP contribution in [0.2, 0.25) is 0 Å². The van der Waals surface area contributed by atoms with E-state index in [9.17, 15) is 0 Å². The SMILES string of the molecule is CCNC(=NCCN1CCOCC1)NCCc1c(C)cc(C)cc1C. The third kappa shape index (κ3) is 6.67. The van der Waals surface area contributed by atoms with Gasteiger partial charge in [0.1, 0.15) is 0 Å². The quantitative estimate of drug-likeness (QED) is 0.586. The van der Waals surface area contributed by atoms with Gasteiger partial charge in [0.25, 0.3) is 0 Å². The van der Waals surface area contributed by atoms with Gasteiger partial charge in [-0.1, -0.05) is 17.7 Å². The molecule has 0 amide bonds. The minimum absolute atomic E-state index is 0.817. The van der Waals surface area contributed by atoms with Crippen LogP contribution in [0.5, 0.6) is 0 Å². The number of ether oxygens (including phenoxy) is 1. The average molecular weight is 347 g/mol. The maximum Gasteiger partial charge on any atom is 0.191 e. The Bertz CT molecular complexity index is 542. The lowest BCUT2D eigenvalue weighted by molar-refractivity contribution is 0.0394. The standard InChI is InChI=1S/C20H34N4O/c1-5-21-20(23-8-9-24-10-12-25-13-11-24)22-7-6-19-17(3)14-16(2)15-18(19)4/h14-15H,5-13H2,1-4H3,(H2,21,22,23). The highest BCUT2D eigenvalue weighted by Crippen LogP contribution is 2.16. The molecule has 1 aromatic rings. The zero-order valence-electron chi connectivity index (χ0n) is 16.3. The first-order valence-electron chi connectivity index (χ1n) is 9.49. The highest BCUT2D eigenvalue weighted by atomic mass is 16.5. The Labute approximate surface area is 152 Å². The summed E-state index contributed by atoms with van der Waals surface area (Å²) in [6.07, 6.45) is 1.02. The summed E-state index contributed by atoms with van der Waals surface area (Å²) in [6.45, 7) is 16.0. The molecule has 0 bridgehead atoms. The summed E-state index contributed by atoms with van der Waals surface area (Å²) >= 11 is 0. The van der Waals surface area contributed by atoms with E-state index in [1.807, 2.05) is 0 Å². The van der Waals surface area contributed by atoms with Gasteiger partial charge in [-0.05, 0) is 50.8 Å². The fraction of sp³-hybridized carbons (Fsp3) is 0.650. The molecule has 0 radical (unpaired) electrons. The molecule has 1 heterocycles. The number of hydrogen-bond acceptors (Lipinski definition) is 3. The third-order valence-electron chi connectivity index (χ3n) is 4.64. The number of nitrogens with zero attached hydrogens (tertiary/aromatic N) is 2. The van der Waals surface area contributed by atoms with Crippen molar-refractivity contribution in [1.29, 1.82) is 0 Å². The Morgan fingerprint density at radius 1 is 1.12 bits per heavy atom. The molecule has 0 saturated carbocycles. The maximum absolute atomic E-state index is 5.39. The van der Waals surface area contributed by atoms with Crippen LogP contribution >= 0.6 is 0 Å². The smallest absolute Gasteiger partial charge is 0.191 e. The summed E-state index contributed by atoms with van der Waals surface area (Å²) < 4.78 is 5.39. The molecule has 0 atom stereocenters. The van der Waals surface area contributed by atoms with Crippen LogP contribution in [0.15, 0.2) is 17.1 Å². The van der Waals surface area contributed by atoms with E-state index in [1.54, 1.807) is 0 Å². The van der Waals surface area contributed by atoms with Crippen LogP contribution in [0.25, 0.3) is 0 Å². The Hall–Kier alpha value is -1.59. The van der Waals surface area contributed by atoms with Gasteiger partial charge in [-0.25, -0.2) is 0 Å². The number of aryl methyl sites for hydroxylation is 3.